The van der Waals surface area contributed by atoms with Crippen molar-refractivity contribution in [3.8, 4) is 0 Å². The number of hydrogen-bond acceptors (Lipinski definition) is 4. The summed E-state index contributed by atoms with van der Waals surface area (Å²) in [6.07, 6.45) is 0. The van der Waals surface area contributed by atoms with Crippen LogP contribution in [0.15, 0.2) is 9.59 Å². The van der Waals surface area contributed by atoms with E-state index in [0.717, 1.165) is 19.8 Å². The van der Waals surface area contributed by atoms with E-state index in [1.54, 1.807) is 0 Å². The Kier molecular flexibility index (Phi) is 2.90. The highest BCUT2D eigenvalue weighted by Crippen LogP contribution is 2.08. The van der Waals surface area contributed by atoms with Crippen molar-refractivity contribution < 1.29 is 0 Å². The zero-order valence-electron chi connectivity index (χ0n) is 7.97. The van der Waals surface area contributed by atoms with Crippen molar-refractivity contribution in [2.45, 2.75) is 6.54 Å². The molecule has 1 saturated heterocycles. The van der Waals surface area contributed by atoms with E-state index >= 15 is 0 Å². The standard InChI is InChI=1S/C8H11ClN4O2/c9-6-5(3-13-2-1-10-4-13)11-8(15)12-7(6)14/h10H,1-4H2,(H2,11,12,14,15). The highest BCUT2D eigenvalue weighted by molar-refractivity contribution is 6.30. The fraction of sp³-hybridized carbons (Fsp3) is 0.500. The SMILES string of the molecule is O=c1[nH]c(CN2CCNC2)c(Cl)c(=O)[nH]1. The van der Waals surface area contributed by atoms with Gasteiger partial charge >= 0.3 is 5.69 Å². The number of nitrogens with one attached hydrogen (secondary N) is 3. The highest BCUT2D eigenvalue weighted by Gasteiger charge is 2.14. The summed E-state index contributed by atoms with van der Waals surface area (Å²) < 4.78 is 0. The van der Waals surface area contributed by atoms with Crippen LogP contribution in [0, 0.1) is 0 Å². The lowest BCUT2D eigenvalue weighted by atomic mass is 10.3. The Balaban J connectivity index is 2.27. The zero-order valence-corrected chi connectivity index (χ0v) is 8.73. The topological polar surface area (TPSA) is 81.0 Å². The number of aromatic amines is 2. The van der Waals surface area contributed by atoms with Crippen molar-refractivity contribution in [1.82, 2.24) is 20.2 Å². The highest BCUT2D eigenvalue weighted by atomic mass is 35.5. The first-order valence-corrected chi connectivity index (χ1v) is 4.98. The van der Waals surface area contributed by atoms with Gasteiger partial charge in [-0.05, 0) is 0 Å². The molecule has 0 aliphatic carbocycles. The number of halogens is 1. The Bertz CT molecular complexity index is 460. The van der Waals surface area contributed by atoms with Crippen LogP contribution in [-0.4, -0.2) is 34.6 Å². The van der Waals surface area contributed by atoms with Crippen molar-refractivity contribution >= 4 is 11.6 Å². The average molecular weight is 231 g/mol. The molecule has 1 aromatic heterocycles. The van der Waals surface area contributed by atoms with Crippen LogP contribution in [0.2, 0.25) is 5.02 Å². The quantitative estimate of drug-likeness (QED) is 0.614. The van der Waals surface area contributed by atoms with Crippen LogP contribution >= 0.6 is 11.6 Å². The van der Waals surface area contributed by atoms with Crippen LogP contribution in [-0.2, 0) is 6.54 Å². The molecule has 15 heavy (non-hydrogen) atoms. The molecule has 0 amide bonds. The van der Waals surface area contributed by atoms with Gasteiger partial charge in [-0.25, -0.2) is 4.79 Å². The van der Waals surface area contributed by atoms with Crippen LogP contribution < -0.4 is 16.6 Å². The molecular weight excluding hydrogens is 220 g/mol. The Morgan fingerprint density at radius 1 is 1.33 bits per heavy atom. The lowest BCUT2D eigenvalue weighted by Gasteiger charge is -2.13. The largest absolute Gasteiger partial charge is 0.326 e. The smallest absolute Gasteiger partial charge is 0.308 e. The molecule has 82 valence electrons. The van der Waals surface area contributed by atoms with Gasteiger partial charge in [0.2, 0.25) is 0 Å². The summed E-state index contributed by atoms with van der Waals surface area (Å²) in [7, 11) is 0. The molecule has 2 rings (SSSR count). The van der Waals surface area contributed by atoms with Crippen LogP contribution in [0.5, 0.6) is 0 Å². The normalized spacial score (nSPS) is 17.1. The van der Waals surface area contributed by atoms with E-state index in [9.17, 15) is 9.59 Å². The molecule has 0 spiro atoms. The molecule has 6 nitrogen and oxygen atoms in total. The van der Waals surface area contributed by atoms with Crippen molar-refractivity contribution in [3.63, 3.8) is 0 Å². The maximum absolute atomic E-state index is 11.2. The molecular formula is C8H11ClN4O2. The van der Waals surface area contributed by atoms with Crippen LogP contribution in [0.25, 0.3) is 0 Å². The molecule has 1 aromatic rings. The van der Waals surface area contributed by atoms with Crippen LogP contribution in [0.4, 0.5) is 0 Å². The molecule has 1 aliphatic heterocycles. The Labute approximate surface area is 90.3 Å². The third kappa shape index (κ3) is 2.28. The summed E-state index contributed by atoms with van der Waals surface area (Å²) in [6, 6.07) is 0. The second-order valence-electron chi connectivity index (χ2n) is 3.41. The van der Waals surface area contributed by atoms with Gasteiger partial charge in [0.1, 0.15) is 5.02 Å². The molecule has 0 aromatic carbocycles. The fourth-order valence-electron chi connectivity index (χ4n) is 1.54. The van der Waals surface area contributed by atoms with E-state index in [-0.39, 0.29) is 5.02 Å². The van der Waals surface area contributed by atoms with Gasteiger partial charge in [-0.3, -0.25) is 14.7 Å². The third-order valence-electron chi connectivity index (χ3n) is 2.28. The van der Waals surface area contributed by atoms with E-state index in [4.69, 9.17) is 11.6 Å². The molecule has 0 radical (unpaired) electrons. The van der Waals surface area contributed by atoms with Gasteiger partial charge < -0.3 is 10.3 Å². The second-order valence-corrected chi connectivity index (χ2v) is 3.79. The summed E-state index contributed by atoms with van der Waals surface area (Å²) in [6.45, 7) is 3.01. The lowest BCUT2D eigenvalue weighted by molar-refractivity contribution is 0.322. The van der Waals surface area contributed by atoms with Crippen molar-refractivity contribution in [2.24, 2.45) is 0 Å². The van der Waals surface area contributed by atoms with Gasteiger partial charge in [-0.1, -0.05) is 11.6 Å². The minimum absolute atomic E-state index is 0.0569. The fourth-order valence-corrected chi connectivity index (χ4v) is 1.69. The number of aromatic nitrogens is 2. The number of nitrogens with zero attached hydrogens (tertiary/aromatic N) is 1. The van der Waals surface area contributed by atoms with E-state index < -0.39 is 11.2 Å². The maximum Gasteiger partial charge on any atom is 0.326 e. The lowest BCUT2D eigenvalue weighted by Crippen LogP contribution is -2.29. The van der Waals surface area contributed by atoms with Gasteiger partial charge in [0.15, 0.2) is 0 Å². The Morgan fingerprint density at radius 2 is 2.13 bits per heavy atom. The van der Waals surface area contributed by atoms with Gasteiger partial charge in [-0.15, -0.1) is 0 Å². The minimum atomic E-state index is -0.539. The van der Waals surface area contributed by atoms with E-state index in [1.165, 1.54) is 0 Å². The first-order valence-electron chi connectivity index (χ1n) is 4.61. The van der Waals surface area contributed by atoms with E-state index in [2.05, 4.69) is 20.2 Å². The molecule has 1 fully saturated rings. The van der Waals surface area contributed by atoms with Gasteiger partial charge in [0.25, 0.3) is 5.56 Å². The zero-order chi connectivity index (χ0) is 10.8. The second kappa shape index (κ2) is 4.18. The van der Waals surface area contributed by atoms with Crippen molar-refractivity contribution in [1.29, 1.82) is 0 Å². The predicted octanol–water partition coefficient (Wildman–Crippen LogP) is -0.921. The van der Waals surface area contributed by atoms with Gasteiger partial charge in [0.05, 0.1) is 5.69 Å². The first kappa shape index (κ1) is 10.4. The third-order valence-corrected chi connectivity index (χ3v) is 2.68. The monoisotopic (exact) mass is 230 g/mol. The summed E-state index contributed by atoms with van der Waals surface area (Å²) >= 11 is 5.78. The number of H-pyrrole nitrogens is 2. The van der Waals surface area contributed by atoms with Gasteiger partial charge in [0, 0.05) is 26.3 Å². The average Bonchev–Trinajstić information content (AvgIpc) is 2.66. The van der Waals surface area contributed by atoms with Crippen LogP contribution in [0.1, 0.15) is 5.69 Å². The van der Waals surface area contributed by atoms with E-state index in [1.807, 2.05) is 0 Å². The molecule has 0 bridgehead atoms. The van der Waals surface area contributed by atoms with Crippen molar-refractivity contribution in [2.75, 3.05) is 19.8 Å². The maximum atomic E-state index is 11.2. The number of rotatable bonds is 2. The molecule has 2 heterocycles. The molecule has 0 saturated carbocycles. The Morgan fingerprint density at radius 3 is 2.80 bits per heavy atom. The number of hydrogen-bond donors (Lipinski definition) is 3. The summed E-state index contributed by atoms with van der Waals surface area (Å²) in [4.78, 5) is 28.9. The molecule has 7 heteroatoms. The summed E-state index contributed by atoms with van der Waals surface area (Å²) in [5.74, 6) is 0. The first-order chi connectivity index (χ1) is 7.16. The molecule has 3 N–H and O–H groups in total. The molecule has 0 atom stereocenters. The molecule has 0 unspecified atom stereocenters. The summed E-state index contributed by atoms with van der Waals surface area (Å²) in [5, 5.41) is 3.20. The predicted molar refractivity (Wildman–Crippen MR) is 56.0 cm³/mol. The van der Waals surface area contributed by atoms with Gasteiger partial charge in [-0.2, -0.15) is 0 Å². The molecule has 1 aliphatic rings. The van der Waals surface area contributed by atoms with E-state index in [0.29, 0.717) is 12.2 Å². The Hall–Kier alpha value is -1.11. The minimum Gasteiger partial charge on any atom is -0.308 e. The van der Waals surface area contributed by atoms with Crippen LogP contribution in [0.3, 0.4) is 0 Å². The van der Waals surface area contributed by atoms with Crippen molar-refractivity contribution in [3.05, 3.63) is 31.6 Å². The summed E-state index contributed by atoms with van der Waals surface area (Å²) in [5.41, 5.74) is -0.594.